The normalized spacial score (nSPS) is 16.0. The van der Waals surface area contributed by atoms with Crippen LogP contribution in [0.3, 0.4) is 0 Å². The number of allylic oxidation sites excluding steroid dienone is 1. The Labute approximate surface area is 134 Å². The molecule has 0 aromatic heterocycles. The van der Waals surface area contributed by atoms with Gasteiger partial charge in [-0.25, -0.2) is 4.79 Å². The largest absolute Gasteiger partial charge is 0.460 e. The van der Waals surface area contributed by atoms with Crippen LogP contribution in [0.1, 0.15) is 12.5 Å². The van der Waals surface area contributed by atoms with E-state index in [9.17, 15) is 9.59 Å². The van der Waals surface area contributed by atoms with Crippen LogP contribution in [0.15, 0.2) is 47.9 Å². The van der Waals surface area contributed by atoms with Gasteiger partial charge in [0, 0.05) is 18.8 Å². The molecule has 2 heterocycles. The number of carbonyl (C=O) groups is 2. The van der Waals surface area contributed by atoms with Gasteiger partial charge in [-0.2, -0.15) is 0 Å². The predicted molar refractivity (Wildman–Crippen MR) is 86.2 cm³/mol. The topological polar surface area (TPSA) is 75.9 Å². The molecular weight excluding hydrogens is 294 g/mol. The van der Waals surface area contributed by atoms with Crippen molar-refractivity contribution in [1.82, 2.24) is 4.90 Å². The van der Waals surface area contributed by atoms with Crippen molar-refractivity contribution in [2.45, 2.75) is 13.5 Å². The lowest BCUT2D eigenvalue weighted by Crippen LogP contribution is -2.37. The second-order valence-electron chi connectivity index (χ2n) is 5.41. The zero-order chi connectivity index (χ0) is 16.4. The van der Waals surface area contributed by atoms with Gasteiger partial charge in [-0.3, -0.25) is 4.79 Å². The molecule has 0 atom stereocenters. The smallest absolute Gasteiger partial charge is 0.376 e. The van der Waals surface area contributed by atoms with E-state index < -0.39 is 11.8 Å². The number of anilines is 1. The molecule has 0 saturated heterocycles. The van der Waals surface area contributed by atoms with Crippen LogP contribution in [0.4, 0.5) is 5.69 Å². The van der Waals surface area contributed by atoms with Crippen molar-refractivity contribution in [2.24, 2.45) is 5.73 Å². The number of nitrogens with zero attached hydrogens (tertiary/aromatic N) is 2. The van der Waals surface area contributed by atoms with E-state index in [0.717, 1.165) is 23.5 Å². The van der Waals surface area contributed by atoms with Gasteiger partial charge in [0.1, 0.15) is 5.82 Å². The Morgan fingerprint density at radius 2 is 2.09 bits per heavy atom. The van der Waals surface area contributed by atoms with E-state index in [1.807, 2.05) is 36.4 Å². The summed E-state index contributed by atoms with van der Waals surface area (Å²) < 4.78 is 4.79. The predicted octanol–water partition coefficient (Wildman–Crippen LogP) is 1.14. The molecule has 2 aliphatic rings. The molecular formula is C17H19N3O3. The number of ether oxygens (including phenoxy) is 1. The SMILES string of the molecule is CCOC(=O)C(=O)CN1C(N)=C2C=CCN2Cc2ccccc21. The molecule has 0 spiro atoms. The van der Waals surface area contributed by atoms with Gasteiger partial charge >= 0.3 is 5.97 Å². The Balaban J connectivity index is 1.97. The van der Waals surface area contributed by atoms with Crippen LogP contribution in [0, 0.1) is 0 Å². The summed E-state index contributed by atoms with van der Waals surface area (Å²) in [6.07, 6.45) is 3.98. The van der Waals surface area contributed by atoms with Crippen molar-refractivity contribution in [3.63, 3.8) is 0 Å². The minimum Gasteiger partial charge on any atom is -0.460 e. The number of Topliss-reactive ketones (excluding diaryl/α,β-unsaturated/α-hetero) is 1. The van der Waals surface area contributed by atoms with Crippen molar-refractivity contribution < 1.29 is 14.3 Å². The maximum absolute atomic E-state index is 12.1. The van der Waals surface area contributed by atoms with Gasteiger partial charge in [-0.1, -0.05) is 24.3 Å². The standard InChI is InChI=1S/C17H19N3O3/c1-2-23-17(22)15(21)11-20-13-7-4-3-6-12(13)10-19-9-5-8-14(19)16(20)18/h3-8H,2,9-11,18H2,1H3. The zero-order valence-corrected chi connectivity index (χ0v) is 13.0. The van der Waals surface area contributed by atoms with E-state index in [1.165, 1.54) is 0 Å². The van der Waals surface area contributed by atoms with Crippen LogP contribution in [-0.2, 0) is 20.9 Å². The number of hydrogen-bond acceptors (Lipinski definition) is 6. The number of hydrogen-bond donors (Lipinski definition) is 1. The molecule has 6 heteroatoms. The van der Waals surface area contributed by atoms with Gasteiger partial charge in [0.05, 0.1) is 18.8 Å². The first-order valence-electron chi connectivity index (χ1n) is 7.58. The maximum Gasteiger partial charge on any atom is 0.376 e. The number of rotatable bonds is 4. The van der Waals surface area contributed by atoms with Crippen LogP contribution in [0.5, 0.6) is 0 Å². The van der Waals surface area contributed by atoms with Crippen molar-refractivity contribution in [2.75, 3.05) is 24.6 Å². The zero-order valence-electron chi connectivity index (χ0n) is 13.0. The minimum atomic E-state index is -0.828. The Bertz CT molecular complexity index is 709. The van der Waals surface area contributed by atoms with Gasteiger partial charge in [0.25, 0.3) is 5.78 Å². The molecule has 1 aromatic carbocycles. The second kappa shape index (κ2) is 6.16. The fraction of sp³-hybridized carbons (Fsp3) is 0.294. The highest BCUT2D eigenvalue weighted by Gasteiger charge is 2.29. The van der Waals surface area contributed by atoms with Crippen LogP contribution >= 0.6 is 0 Å². The molecule has 0 fully saturated rings. The quantitative estimate of drug-likeness (QED) is 0.663. The van der Waals surface area contributed by atoms with Gasteiger partial charge in [-0.05, 0) is 24.6 Å². The Kier molecular flexibility index (Phi) is 4.06. The van der Waals surface area contributed by atoms with Crippen molar-refractivity contribution in [3.05, 3.63) is 53.5 Å². The van der Waals surface area contributed by atoms with E-state index in [2.05, 4.69) is 4.90 Å². The highest BCUT2D eigenvalue weighted by molar-refractivity contribution is 6.35. The van der Waals surface area contributed by atoms with Crippen molar-refractivity contribution in [1.29, 1.82) is 0 Å². The van der Waals surface area contributed by atoms with Crippen molar-refractivity contribution in [3.8, 4) is 0 Å². The molecule has 0 aliphatic carbocycles. The number of fused-ring (bicyclic) bond motifs is 2. The fourth-order valence-electron chi connectivity index (χ4n) is 2.86. The Hall–Kier alpha value is -2.76. The number of benzene rings is 1. The summed E-state index contributed by atoms with van der Waals surface area (Å²) in [4.78, 5) is 27.6. The van der Waals surface area contributed by atoms with E-state index >= 15 is 0 Å². The van der Waals surface area contributed by atoms with Gasteiger partial charge in [0.15, 0.2) is 0 Å². The van der Waals surface area contributed by atoms with Gasteiger partial charge in [-0.15, -0.1) is 0 Å². The Morgan fingerprint density at radius 1 is 1.30 bits per heavy atom. The van der Waals surface area contributed by atoms with E-state index in [4.69, 9.17) is 10.5 Å². The molecule has 6 nitrogen and oxygen atoms in total. The average Bonchev–Trinajstić information content (AvgIpc) is 2.97. The third-order valence-corrected chi connectivity index (χ3v) is 3.94. The molecule has 2 N–H and O–H groups in total. The molecule has 1 aromatic rings. The van der Waals surface area contributed by atoms with E-state index in [-0.39, 0.29) is 13.2 Å². The second-order valence-corrected chi connectivity index (χ2v) is 5.41. The van der Waals surface area contributed by atoms with Crippen LogP contribution < -0.4 is 10.6 Å². The summed E-state index contributed by atoms with van der Waals surface area (Å²) in [5.74, 6) is -0.965. The fourth-order valence-corrected chi connectivity index (χ4v) is 2.86. The number of nitrogens with two attached hydrogens (primary N) is 1. The first-order chi connectivity index (χ1) is 11.1. The Morgan fingerprint density at radius 3 is 2.87 bits per heavy atom. The lowest BCUT2D eigenvalue weighted by Gasteiger charge is -2.25. The van der Waals surface area contributed by atoms with Crippen LogP contribution in [0.25, 0.3) is 0 Å². The summed E-state index contributed by atoms with van der Waals surface area (Å²) in [5.41, 5.74) is 9.09. The monoisotopic (exact) mass is 313 g/mol. The van der Waals surface area contributed by atoms with Crippen molar-refractivity contribution >= 4 is 17.4 Å². The highest BCUT2D eigenvalue weighted by atomic mass is 16.5. The molecule has 0 saturated carbocycles. The molecule has 3 rings (SSSR count). The molecule has 0 amide bonds. The molecule has 23 heavy (non-hydrogen) atoms. The maximum atomic E-state index is 12.1. The third kappa shape index (κ3) is 2.79. The number of carbonyl (C=O) groups excluding carboxylic acids is 2. The lowest BCUT2D eigenvalue weighted by atomic mass is 10.1. The first-order valence-corrected chi connectivity index (χ1v) is 7.58. The minimum absolute atomic E-state index is 0.132. The average molecular weight is 313 g/mol. The van der Waals surface area contributed by atoms with Gasteiger partial charge < -0.3 is 20.3 Å². The molecule has 120 valence electrons. The summed E-state index contributed by atoms with van der Waals surface area (Å²) in [6, 6.07) is 7.76. The number of esters is 1. The first kappa shape index (κ1) is 15.1. The van der Waals surface area contributed by atoms with Gasteiger partial charge in [0.2, 0.25) is 0 Å². The highest BCUT2D eigenvalue weighted by Crippen LogP contribution is 2.32. The van der Waals surface area contributed by atoms with E-state index in [1.54, 1.807) is 11.8 Å². The molecule has 0 unspecified atom stereocenters. The summed E-state index contributed by atoms with van der Waals surface area (Å²) >= 11 is 0. The van der Waals surface area contributed by atoms with E-state index in [0.29, 0.717) is 12.4 Å². The summed E-state index contributed by atoms with van der Waals surface area (Å²) in [5, 5.41) is 0. The van der Waals surface area contributed by atoms with Crippen LogP contribution in [0.2, 0.25) is 0 Å². The molecule has 0 radical (unpaired) electrons. The molecule has 0 bridgehead atoms. The number of ketones is 1. The molecule has 2 aliphatic heterocycles. The third-order valence-electron chi connectivity index (χ3n) is 3.94. The number of para-hydroxylation sites is 1. The summed E-state index contributed by atoms with van der Waals surface area (Å²) in [7, 11) is 0. The summed E-state index contributed by atoms with van der Waals surface area (Å²) in [6.45, 7) is 3.21. The lowest BCUT2D eigenvalue weighted by molar-refractivity contribution is -0.152. The van der Waals surface area contributed by atoms with Crippen LogP contribution in [-0.4, -0.2) is 36.3 Å².